The van der Waals surface area contributed by atoms with Crippen molar-refractivity contribution >= 4 is 23.2 Å². The predicted octanol–water partition coefficient (Wildman–Crippen LogP) is 6.34. The Hall–Kier alpha value is -3.35. The smallest absolute Gasteiger partial charge is 0.310 e. The molecule has 0 amide bonds. The van der Waals surface area contributed by atoms with Gasteiger partial charge in [0.25, 0.3) is 0 Å². The molecule has 0 radical (unpaired) electrons. The SMILES string of the molecule is CCC(C)(C)C(=O)C(=O)C1CCCCC1C(=O)OC(CCc1ccc(OC)c(OC)c1)c1cccc(NC)c1. The first-order valence-corrected chi connectivity index (χ1v) is 13.9. The maximum absolute atomic E-state index is 13.7. The van der Waals surface area contributed by atoms with Gasteiger partial charge in [0, 0.05) is 24.1 Å². The molecule has 1 aliphatic carbocycles. The molecule has 1 N–H and O–H groups in total. The van der Waals surface area contributed by atoms with E-state index in [4.69, 9.17) is 14.2 Å². The summed E-state index contributed by atoms with van der Waals surface area (Å²) >= 11 is 0. The van der Waals surface area contributed by atoms with Crippen LogP contribution in [0.25, 0.3) is 0 Å². The lowest BCUT2D eigenvalue weighted by atomic mass is 9.72. The molecule has 1 aliphatic rings. The van der Waals surface area contributed by atoms with Crippen molar-refractivity contribution in [1.29, 1.82) is 0 Å². The number of rotatable bonds is 13. The highest BCUT2D eigenvalue weighted by Gasteiger charge is 2.43. The van der Waals surface area contributed by atoms with E-state index >= 15 is 0 Å². The van der Waals surface area contributed by atoms with Crippen LogP contribution in [0.5, 0.6) is 11.5 Å². The van der Waals surface area contributed by atoms with E-state index in [1.807, 2.05) is 56.4 Å². The minimum Gasteiger partial charge on any atom is -0.493 e. The van der Waals surface area contributed by atoms with Gasteiger partial charge in [0.05, 0.1) is 20.1 Å². The van der Waals surface area contributed by atoms with Crippen LogP contribution in [0.1, 0.15) is 76.5 Å². The van der Waals surface area contributed by atoms with Crippen LogP contribution in [-0.4, -0.2) is 38.8 Å². The van der Waals surface area contributed by atoms with Crippen LogP contribution in [0.2, 0.25) is 0 Å². The molecule has 212 valence electrons. The van der Waals surface area contributed by atoms with E-state index in [-0.39, 0.29) is 5.78 Å². The van der Waals surface area contributed by atoms with Gasteiger partial charge in [-0.25, -0.2) is 0 Å². The number of ketones is 2. The van der Waals surface area contributed by atoms with Crippen molar-refractivity contribution in [3.8, 4) is 11.5 Å². The Labute approximate surface area is 232 Å². The molecule has 1 fully saturated rings. The summed E-state index contributed by atoms with van der Waals surface area (Å²) in [7, 11) is 5.04. The van der Waals surface area contributed by atoms with Crippen molar-refractivity contribution in [1.82, 2.24) is 0 Å². The van der Waals surface area contributed by atoms with Crippen molar-refractivity contribution < 1.29 is 28.6 Å². The summed E-state index contributed by atoms with van der Waals surface area (Å²) in [6, 6.07) is 13.6. The second-order valence-electron chi connectivity index (χ2n) is 11.0. The van der Waals surface area contributed by atoms with Crippen LogP contribution in [0.15, 0.2) is 42.5 Å². The number of methoxy groups -OCH3 is 2. The molecule has 0 saturated heterocycles. The molecule has 2 aromatic rings. The maximum Gasteiger partial charge on any atom is 0.310 e. The number of nitrogens with one attached hydrogen (secondary N) is 1. The third kappa shape index (κ3) is 7.40. The van der Waals surface area contributed by atoms with Crippen LogP contribution in [0, 0.1) is 17.3 Å². The largest absolute Gasteiger partial charge is 0.493 e. The third-order valence-corrected chi connectivity index (χ3v) is 8.08. The van der Waals surface area contributed by atoms with Crippen molar-refractivity contribution in [2.45, 2.75) is 71.8 Å². The first kappa shape index (κ1) is 30.2. The molecule has 3 unspecified atom stereocenters. The van der Waals surface area contributed by atoms with Gasteiger partial charge in [0.1, 0.15) is 6.10 Å². The molecule has 3 atom stereocenters. The number of carbonyl (C=O) groups is 3. The van der Waals surface area contributed by atoms with Gasteiger partial charge in [-0.2, -0.15) is 0 Å². The average molecular weight is 538 g/mol. The zero-order chi connectivity index (χ0) is 28.6. The van der Waals surface area contributed by atoms with E-state index in [9.17, 15) is 14.4 Å². The third-order valence-electron chi connectivity index (χ3n) is 8.08. The standard InChI is InChI=1S/C32H43NO6/c1-7-32(2,3)30(35)29(34)24-13-8-9-14-25(24)31(36)39-26(22-11-10-12-23(20-22)33-4)17-15-21-16-18-27(37-5)28(19-21)38-6/h10-12,16,18-20,24-26,33H,7-9,13-15,17H2,1-6H3. The highest BCUT2D eigenvalue weighted by molar-refractivity contribution is 6.40. The summed E-state index contributed by atoms with van der Waals surface area (Å²) in [4.78, 5) is 40.0. The monoisotopic (exact) mass is 537 g/mol. The van der Waals surface area contributed by atoms with Gasteiger partial charge in [-0.15, -0.1) is 0 Å². The van der Waals surface area contributed by atoms with E-state index in [1.54, 1.807) is 28.1 Å². The summed E-state index contributed by atoms with van der Waals surface area (Å²) in [6.45, 7) is 5.49. The normalized spacial score (nSPS) is 18.1. The van der Waals surface area contributed by atoms with Gasteiger partial charge in [-0.05, 0) is 67.5 Å². The van der Waals surface area contributed by atoms with Crippen molar-refractivity contribution in [3.05, 3.63) is 53.6 Å². The van der Waals surface area contributed by atoms with Crippen molar-refractivity contribution in [3.63, 3.8) is 0 Å². The van der Waals surface area contributed by atoms with Gasteiger partial charge in [-0.1, -0.05) is 51.8 Å². The number of esters is 1. The van der Waals surface area contributed by atoms with Crippen LogP contribution in [0.4, 0.5) is 5.69 Å². The number of carbonyl (C=O) groups excluding carboxylic acids is 3. The fourth-order valence-corrected chi connectivity index (χ4v) is 5.14. The molecule has 7 heteroatoms. The minimum atomic E-state index is -0.738. The maximum atomic E-state index is 13.7. The predicted molar refractivity (Wildman–Crippen MR) is 152 cm³/mol. The molecule has 7 nitrogen and oxygen atoms in total. The Bertz CT molecular complexity index is 1160. The van der Waals surface area contributed by atoms with Gasteiger partial charge in [-0.3, -0.25) is 14.4 Å². The molecule has 0 spiro atoms. The molecular formula is C32H43NO6. The topological polar surface area (TPSA) is 90.9 Å². The Morgan fingerprint density at radius 3 is 2.31 bits per heavy atom. The summed E-state index contributed by atoms with van der Waals surface area (Å²) in [5, 5.41) is 3.14. The number of anilines is 1. The lowest BCUT2D eigenvalue weighted by molar-refractivity contribution is -0.161. The molecule has 2 aromatic carbocycles. The minimum absolute atomic E-state index is 0.388. The number of hydrogen-bond donors (Lipinski definition) is 1. The summed E-state index contributed by atoms with van der Waals surface area (Å²) in [5.74, 6) is -1.16. The Balaban J connectivity index is 1.84. The molecule has 0 aliphatic heterocycles. The van der Waals surface area contributed by atoms with E-state index in [2.05, 4.69) is 5.32 Å². The quantitative estimate of drug-likeness (QED) is 0.235. The number of aryl methyl sites for hydroxylation is 1. The van der Waals surface area contributed by atoms with Crippen LogP contribution in [0.3, 0.4) is 0 Å². The zero-order valence-corrected chi connectivity index (χ0v) is 24.2. The van der Waals surface area contributed by atoms with Gasteiger partial charge < -0.3 is 19.5 Å². The molecule has 0 bridgehead atoms. The number of hydrogen-bond acceptors (Lipinski definition) is 7. The van der Waals surface area contributed by atoms with Crippen LogP contribution < -0.4 is 14.8 Å². The van der Waals surface area contributed by atoms with Gasteiger partial charge in [0.15, 0.2) is 11.5 Å². The molecule has 3 rings (SSSR count). The molecular weight excluding hydrogens is 494 g/mol. The Morgan fingerprint density at radius 1 is 0.974 bits per heavy atom. The first-order chi connectivity index (χ1) is 18.6. The fourth-order valence-electron chi connectivity index (χ4n) is 5.14. The van der Waals surface area contributed by atoms with Crippen molar-refractivity contribution in [2.75, 3.05) is 26.6 Å². The van der Waals surface area contributed by atoms with Crippen molar-refractivity contribution in [2.24, 2.45) is 17.3 Å². The molecule has 1 saturated carbocycles. The zero-order valence-electron chi connectivity index (χ0n) is 24.2. The van der Waals surface area contributed by atoms with E-state index in [1.165, 1.54) is 0 Å². The number of Topliss-reactive ketones (excluding diaryl/α,β-unsaturated/α-hetero) is 2. The summed E-state index contributed by atoms with van der Waals surface area (Å²) in [5.41, 5.74) is 2.07. The lowest BCUT2D eigenvalue weighted by Gasteiger charge is -2.32. The van der Waals surface area contributed by atoms with E-state index in [0.717, 1.165) is 29.7 Å². The van der Waals surface area contributed by atoms with Crippen LogP contribution in [-0.2, 0) is 25.5 Å². The second kappa shape index (κ2) is 13.6. The highest BCUT2D eigenvalue weighted by Crippen LogP contribution is 2.37. The lowest BCUT2D eigenvalue weighted by Crippen LogP contribution is -2.42. The average Bonchev–Trinajstić information content (AvgIpc) is 2.97. The summed E-state index contributed by atoms with van der Waals surface area (Å²) < 4.78 is 17.0. The Morgan fingerprint density at radius 2 is 1.67 bits per heavy atom. The molecule has 0 aromatic heterocycles. The highest BCUT2D eigenvalue weighted by atomic mass is 16.5. The van der Waals surface area contributed by atoms with Gasteiger partial charge in [0.2, 0.25) is 11.6 Å². The van der Waals surface area contributed by atoms with Crippen LogP contribution >= 0.6 is 0 Å². The second-order valence-corrected chi connectivity index (χ2v) is 11.0. The number of benzene rings is 2. The first-order valence-electron chi connectivity index (χ1n) is 13.9. The Kier molecular flexibility index (Phi) is 10.6. The van der Waals surface area contributed by atoms with E-state index < -0.39 is 35.1 Å². The fraction of sp³-hybridized carbons (Fsp3) is 0.531. The van der Waals surface area contributed by atoms with Gasteiger partial charge >= 0.3 is 5.97 Å². The number of ether oxygens (including phenoxy) is 3. The molecule has 39 heavy (non-hydrogen) atoms. The molecule has 0 heterocycles. The van der Waals surface area contributed by atoms with E-state index in [0.29, 0.717) is 43.6 Å². The summed E-state index contributed by atoms with van der Waals surface area (Å²) in [6.07, 6.45) is 3.98.